The van der Waals surface area contributed by atoms with Crippen molar-refractivity contribution in [2.75, 3.05) is 22.9 Å². The fourth-order valence-electron chi connectivity index (χ4n) is 2.67. The molecule has 1 aromatic carbocycles. The maximum absolute atomic E-state index is 14.3. The standard InChI is InChI=1S/C18H25ClFN5O3S2/c1-10(2)8-12(9-26)21-16-22-17(25-30(4,27)28)24-18(23-16)29-11(3)13-6-5-7-14(19)15(13)20/h5-7,10-12,26H,8-9H2,1-4H3,(H2,21,22,23,24,25)/t11-,12+/m0/s1. The molecular weight excluding hydrogens is 453 g/mol. The van der Waals surface area contributed by atoms with E-state index in [4.69, 9.17) is 11.6 Å². The van der Waals surface area contributed by atoms with Crippen LogP contribution in [0, 0.1) is 11.7 Å². The van der Waals surface area contributed by atoms with E-state index in [1.54, 1.807) is 19.1 Å². The van der Waals surface area contributed by atoms with Gasteiger partial charge in [-0.3, -0.25) is 4.72 Å². The predicted molar refractivity (Wildman–Crippen MR) is 118 cm³/mol. The van der Waals surface area contributed by atoms with Crippen molar-refractivity contribution >= 4 is 45.3 Å². The monoisotopic (exact) mass is 477 g/mol. The summed E-state index contributed by atoms with van der Waals surface area (Å²) in [5.74, 6) is -0.280. The van der Waals surface area contributed by atoms with Gasteiger partial charge in [0.05, 0.1) is 23.9 Å². The molecule has 2 aromatic rings. The summed E-state index contributed by atoms with van der Waals surface area (Å²) >= 11 is 6.99. The van der Waals surface area contributed by atoms with E-state index in [1.165, 1.54) is 6.07 Å². The predicted octanol–water partition coefficient (Wildman–Crippen LogP) is 3.71. The molecule has 0 aliphatic heterocycles. The maximum Gasteiger partial charge on any atom is 0.242 e. The summed E-state index contributed by atoms with van der Waals surface area (Å²) in [6.07, 6.45) is 1.64. The van der Waals surface area contributed by atoms with Gasteiger partial charge in [0.25, 0.3) is 0 Å². The highest BCUT2D eigenvalue weighted by Gasteiger charge is 2.19. The molecular formula is C18H25ClFN5O3S2. The second kappa shape index (κ2) is 10.6. The minimum absolute atomic E-state index is 0.0110. The number of sulfonamides is 1. The summed E-state index contributed by atoms with van der Waals surface area (Å²) in [5.41, 5.74) is 0.369. The van der Waals surface area contributed by atoms with Gasteiger partial charge in [-0.1, -0.05) is 49.3 Å². The van der Waals surface area contributed by atoms with Crippen molar-refractivity contribution in [3.63, 3.8) is 0 Å². The van der Waals surface area contributed by atoms with Crippen molar-refractivity contribution in [2.24, 2.45) is 5.92 Å². The lowest BCUT2D eigenvalue weighted by molar-refractivity contribution is 0.259. The number of thioether (sulfide) groups is 1. The second-order valence-electron chi connectivity index (χ2n) is 7.20. The molecule has 0 aliphatic rings. The van der Waals surface area contributed by atoms with Crippen LogP contribution in [0.1, 0.15) is 38.0 Å². The fourth-order valence-corrected chi connectivity index (χ4v) is 4.18. The van der Waals surface area contributed by atoms with Gasteiger partial charge in [0.15, 0.2) is 5.16 Å². The quantitative estimate of drug-likeness (QED) is 0.443. The Morgan fingerprint density at radius 3 is 2.47 bits per heavy atom. The number of aliphatic hydroxyl groups excluding tert-OH is 1. The lowest BCUT2D eigenvalue weighted by Crippen LogP contribution is -2.27. The molecule has 30 heavy (non-hydrogen) atoms. The van der Waals surface area contributed by atoms with Gasteiger partial charge < -0.3 is 10.4 Å². The molecule has 2 atom stereocenters. The highest BCUT2D eigenvalue weighted by Crippen LogP contribution is 2.36. The zero-order valence-electron chi connectivity index (χ0n) is 17.1. The molecule has 3 N–H and O–H groups in total. The van der Waals surface area contributed by atoms with Crippen LogP contribution in [0.2, 0.25) is 5.02 Å². The van der Waals surface area contributed by atoms with E-state index in [1.807, 2.05) is 13.8 Å². The Morgan fingerprint density at radius 2 is 1.87 bits per heavy atom. The highest BCUT2D eigenvalue weighted by atomic mass is 35.5. The molecule has 0 radical (unpaired) electrons. The molecule has 0 aliphatic carbocycles. The Labute approximate surface area is 185 Å². The van der Waals surface area contributed by atoms with Gasteiger partial charge in [0.2, 0.25) is 21.9 Å². The van der Waals surface area contributed by atoms with Crippen LogP contribution in [0.25, 0.3) is 0 Å². The van der Waals surface area contributed by atoms with Gasteiger partial charge >= 0.3 is 0 Å². The van der Waals surface area contributed by atoms with Crippen LogP contribution in [0.5, 0.6) is 0 Å². The zero-order chi connectivity index (χ0) is 22.5. The van der Waals surface area contributed by atoms with Gasteiger partial charge in [-0.15, -0.1) is 0 Å². The highest BCUT2D eigenvalue weighted by molar-refractivity contribution is 7.99. The molecule has 8 nitrogen and oxygen atoms in total. The van der Waals surface area contributed by atoms with Gasteiger partial charge in [0, 0.05) is 10.8 Å². The van der Waals surface area contributed by atoms with Crippen molar-refractivity contribution in [1.82, 2.24) is 15.0 Å². The molecule has 2 rings (SSSR count). The molecule has 0 amide bonds. The van der Waals surface area contributed by atoms with Crippen molar-refractivity contribution in [3.8, 4) is 0 Å². The minimum Gasteiger partial charge on any atom is -0.394 e. The Hall–Kier alpha value is -1.69. The van der Waals surface area contributed by atoms with Crippen LogP contribution in [0.3, 0.4) is 0 Å². The average Bonchev–Trinajstić information content (AvgIpc) is 2.61. The number of hydrogen-bond acceptors (Lipinski definition) is 8. The van der Waals surface area contributed by atoms with Crippen molar-refractivity contribution in [2.45, 2.75) is 43.6 Å². The second-order valence-corrected chi connectivity index (χ2v) is 10.7. The number of anilines is 2. The largest absolute Gasteiger partial charge is 0.394 e. The lowest BCUT2D eigenvalue weighted by atomic mass is 10.0. The number of halogens is 2. The van der Waals surface area contributed by atoms with Crippen molar-refractivity contribution in [3.05, 3.63) is 34.6 Å². The van der Waals surface area contributed by atoms with E-state index in [0.29, 0.717) is 17.9 Å². The summed E-state index contributed by atoms with van der Waals surface area (Å²) in [7, 11) is -3.62. The zero-order valence-corrected chi connectivity index (χ0v) is 19.4. The Balaban J connectivity index is 2.34. The summed E-state index contributed by atoms with van der Waals surface area (Å²) in [4.78, 5) is 12.5. The number of nitrogens with one attached hydrogen (secondary N) is 2. The average molecular weight is 478 g/mol. The third-order valence-electron chi connectivity index (χ3n) is 3.90. The summed E-state index contributed by atoms with van der Waals surface area (Å²) in [5, 5.41) is 12.4. The summed E-state index contributed by atoms with van der Waals surface area (Å²) in [6, 6.07) is 4.39. The Kier molecular flexibility index (Phi) is 8.65. The van der Waals surface area contributed by atoms with Gasteiger partial charge in [0.1, 0.15) is 5.82 Å². The van der Waals surface area contributed by atoms with E-state index in [-0.39, 0.29) is 34.7 Å². The Morgan fingerprint density at radius 1 is 1.20 bits per heavy atom. The van der Waals surface area contributed by atoms with Gasteiger partial charge in [-0.2, -0.15) is 15.0 Å². The van der Waals surface area contributed by atoms with Crippen LogP contribution < -0.4 is 10.0 Å². The molecule has 0 bridgehead atoms. The van der Waals surface area contributed by atoms with E-state index in [9.17, 15) is 17.9 Å². The maximum atomic E-state index is 14.3. The van der Waals surface area contributed by atoms with Crippen LogP contribution in [0.15, 0.2) is 23.4 Å². The molecule has 1 aromatic heterocycles. The molecule has 0 unspecified atom stereocenters. The first kappa shape index (κ1) is 24.6. The number of benzene rings is 1. The SMILES string of the molecule is CC(C)C[C@H](CO)Nc1nc(NS(C)(=O)=O)nc(S[C@@H](C)c2cccc(Cl)c2F)n1. The van der Waals surface area contributed by atoms with Crippen LogP contribution in [-0.2, 0) is 10.0 Å². The Bertz CT molecular complexity index is 978. The number of nitrogens with zero attached hydrogens (tertiary/aromatic N) is 3. The molecule has 0 saturated carbocycles. The molecule has 0 fully saturated rings. The number of aliphatic hydroxyl groups is 1. The van der Waals surface area contributed by atoms with Crippen molar-refractivity contribution in [1.29, 1.82) is 0 Å². The van der Waals surface area contributed by atoms with Gasteiger partial charge in [-0.05, 0) is 25.3 Å². The topological polar surface area (TPSA) is 117 Å². The van der Waals surface area contributed by atoms with Crippen LogP contribution in [0.4, 0.5) is 16.3 Å². The summed E-state index contributed by atoms with van der Waals surface area (Å²) in [6.45, 7) is 5.63. The van der Waals surface area contributed by atoms with E-state index < -0.39 is 21.1 Å². The fraction of sp³-hybridized carbons (Fsp3) is 0.500. The minimum atomic E-state index is -3.62. The first-order chi connectivity index (χ1) is 14.0. The number of rotatable bonds is 10. The van der Waals surface area contributed by atoms with Crippen molar-refractivity contribution < 1.29 is 17.9 Å². The normalized spacial score (nSPS) is 13.9. The molecule has 0 saturated heterocycles. The van der Waals surface area contributed by atoms with Crippen LogP contribution >= 0.6 is 23.4 Å². The van der Waals surface area contributed by atoms with Crippen LogP contribution in [-0.4, -0.2) is 47.4 Å². The first-order valence-electron chi connectivity index (χ1n) is 9.20. The lowest BCUT2D eigenvalue weighted by Gasteiger charge is -2.19. The molecule has 0 spiro atoms. The molecule has 1 heterocycles. The molecule has 166 valence electrons. The van der Waals surface area contributed by atoms with E-state index >= 15 is 0 Å². The third kappa shape index (κ3) is 7.53. The van der Waals surface area contributed by atoms with Gasteiger partial charge in [-0.25, -0.2) is 12.8 Å². The smallest absolute Gasteiger partial charge is 0.242 e. The third-order valence-corrected chi connectivity index (χ3v) is 5.75. The number of hydrogen-bond donors (Lipinski definition) is 3. The molecule has 12 heteroatoms. The van der Waals surface area contributed by atoms with E-state index in [2.05, 4.69) is 25.0 Å². The number of aromatic nitrogens is 3. The first-order valence-corrected chi connectivity index (χ1v) is 12.3. The summed E-state index contributed by atoms with van der Waals surface area (Å²) < 4.78 is 39.8. The van der Waals surface area contributed by atoms with E-state index in [0.717, 1.165) is 18.0 Å².